The second kappa shape index (κ2) is 8.52. The Hall–Kier alpha value is -2.24. The van der Waals surface area contributed by atoms with Crippen LogP contribution in [0.1, 0.15) is 81.1 Å². The summed E-state index contributed by atoms with van der Waals surface area (Å²) >= 11 is 0. The molecule has 0 bridgehead atoms. The monoisotopic (exact) mass is 464 g/mol. The van der Waals surface area contributed by atoms with Crippen molar-refractivity contribution in [2.24, 2.45) is 5.11 Å². The van der Waals surface area contributed by atoms with Crippen molar-refractivity contribution in [3.63, 3.8) is 0 Å². The van der Waals surface area contributed by atoms with Crippen molar-refractivity contribution in [2.75, 3.05) is 0 Å². The van der Waals surface area contributed by atoms with Crippen LogP contribution in [0.5, 0.6) is 12.0 Å². The van der Waals surface area contributed by atoms with Crippen LogP contribution in [0.25, 0.3) is 10.4 Å². The van der Waals surface area contributed by atoms with Gasteiger partial charge in [-0.15, -0.1) is 4.98 Å². The van der Waals surface area contributed by atoms with Crippen LogP contribution in [0.15, 0.2) is 5.11 Å². The van der Waals surface area contributed by atoms with Gasteiger partial charge in [-0.05, 0) is 66.0 Å². The standard InChI is InChI=1S/C21H36N8O4/c1-18(2)9-13(10-19(3,4)28(18)30)32-16-23-15(26-27-22)24-17(25-16)33-14-11-20(5,6)29(31)21(7,8)12-14/h13-14,30-31H,9-12H2,1-8H3. The third-order valence-corrected chi connectivity index (χ3v) is 6.46. The molecule has 184 valence electrons. The van der Waals surface area contributed by atoms with E-state index in [4.69, 9.17) is 15.0 Å². The van der Waals surface area contributed by atoms with Crippen molar-refractivity contribution >= 4 is 5.95 Å². The first-order valence-corrected chi connectivity index (χ1v) is 11.2. The Balaban J connectivity index is 1.84. The minimum Gasteiger partial charge on any atom is -0.460 e. The highest BCUT2D eigenvalue weighted by Gasteiger charge is 2.47. The number of hydrogen-bond donors (Lipinski definition) is 2. The quantitative estimate of drug-likeness (QED) is 0.367. The lowest BCUT2D eigenvalue weighted by molar-refractivity contribution is -0.255. The highest BCUT2D eigenvalue weighted by Crippen LogP contribution is 2.39. The molecule has 0 saturated carbocycles. The first-order chi connectivity index (χ1) is 15.1. The second-order valence-corrected chi connectivity index (χ2v) is 11.6. The summed E-state index contributed by atoms with van der Waals surface area (Å²) in [6.07, 6.45) is 1.63. The molecule has 1 aromatic heterocycles. The summed E-state index contributed by atoms with van der Waals surface area (Å²) in [7, 11) is 0. The van der Waals surface area contributed by atoms with Crippen LogP contribution in [0, 0.1) is 0 Å². The Bertz CT molecular complexity index is 831. The summed E-state index contributed by atoms with van der Waals surface area (Å²) in [4.78, 5) is 15.4. The van der Waals surface area contributed by atoms with Crippen LogP contribution in [-0.4, -0.2) is 69.9 Å². The molecule has 0 aromatic carbocycles. The Kier molecular flexibility index (Phi) is 6.55. The molecular weight excluding hydrogens is 428 g/mol. The Morgan fingerprint density at radius 2 is 1.09 bits per heavy atom. The maximum absolute atomic E-state index is 10.5. The fourth-order valence-electron chi connectivity index (χ4n) is 5.34. The zero-order valence-electron chi connectivity index (χ0n) is 20.8. The van der Waals surface area contributed by atoms with E-state index in [-0.39, 0.29) is 30.2 Å². The third kappa shape index (κ3) is 5.47. The molecule has 0 radical (unpaired) electrons. The van der Waals surface area contributed by atoms with Crippen LogP contribution in [0.3, 0.4) is 0 Å². The summed E-state index contributed by atoms with van der Waals surface area (Å²) in [6, 6.07) is 0.00649. The lowest BCUT2D eigenvalue weighted by atomic mass is 9.80. The van der Waals surface area contributed by atoms with Crippen molar-refractivity contribution in [1.29, 1.82) is 0 Å². The van der Waals surface area contributed by atoms with Crippen LogP contribution in [0.2, 0.25) is 0 Å². The molecule has 2 saturated heterocycles. The van der Waals surface area contributed by atoms with Gasteiger partial charge in [-0.25, -0.2) is 0 Å². The SMILES string of the molecule is CC1(C)CC(Oc2nc(N=[N+]=[N-])nc(OC3CC(C)(C)N(O)C(C)(C)C3)n2)CC(C)(C)N1O. The van der Waals surface area contributed by atoms with E-state index in [0.717, 1.165) is 0 Å². The fraction of sp³-hybridized carbons (Fsp3) is 0.857. The summed E-state index contributed by atoms with van der Waals surface area (Å²) < 4.78 is 12.2. The van der Waals surface area contributed by atoms with E-state index >= 15 is 0 Å². The molecular formula is C21H36N8O4. The lowest BCUT2D eigenvalue weighted by Crippen LogP contribution is -2.61. The van der Waals surface area contributed by atoms with Crippen molar-refractivity contribution < 1.29 is 19.9 Å². The Morgan fingerprint density at radius 1 is 0.758 bits per heavy atom. The topological polar surface area (TPSA) is 153 Å². The van der Waals surface area contributed by atoms with Gasteiger partial charge in [-0.2, -0.15) is 20.1 Å². The average molecular weight is 465 g/mol. The predicted molar refractivity (Wildman–Crippen MR) is 120 cm³/mol. The summed E-state index contributed by atoms with van der Waals surface area (Å²) in [5.74, 6) is -0.145. The van der Waals surface area contributed by atoms with E-state index in [1.807, 2.05) is 55.4 Å². The largest absolute Gasteiger partial charge is 0.460 e. The van der Waals surface area contributed by atoms with Gasteiger partial charge in [0.1, 0.15) is 12.2 Å². The van der Waals surface area contributed by atoms with Crippen LogP contribution >= 0.6 is 0 Å². The highest BCUT2D eigenvalue weighted by atomic mass is 16.5. The lowest BCUT2D eigenvalue weighted by Gasteiger charge is -2.51. The molecule has 2 N–H and O–H groups in total. The molecule has 2 aliphatic rings. The molecule has 0 spiro atoms. The molecule has 2 aliphatic heterocycles. The van der Waals surface area contributed by atoms with E-state index in [2.05, 4.69) is 25.0 Å². The smallest absolute Gasteiger partial charge is 0.323 e. The number of rotatable bonds is 5. The van der Waals surface area contributed by atoms with Crippen LogP contribution in [0.4, 0.5) is 5.95 Å². The minimum atomic E-state index is -0.512. The summed E-state index contributed by atoms with van der Waals surface area (Å²) in [5.41, 5.74) is 6.84. The molecule has 1 aromatic rings. The van der Waals surface area contributed by atoms with Gasteiger partial charge in [0.05, 0.1) is 0 Å². The number of hydrogen-bond acceptors (Lipinski definition) is 10. The van der Waals surface area contributed by atoms with E-state index < -0.39 is 22.2 Å². The number of piperidine rings is 2. The Morgan fingerprint density at radius 3 is 1.39 bits per heavy atom. The first kappa shape index (κ1) is 25.4. The highest BCUT2D eigenvalue weighted by molar-refractivity contribution is 5.20. The molecule has 33 heavy (non-hydrogen) atoms. The molecule has 2 fully saturated rings. The molecule has 0 unspecified atom stereocenters. The van der Waals surface area contributed by atoms with Crippen molar-refractivity contribution in [3.05, 3.63) is 10.4 Å². The van der Waals surface area contributed by atoms with Gasteiger partial charge in [0.15, 0.2) is 0 Å². The molecule has 0 atom stereocenters. The predicted octanol–water partition coefficient (Wildman–Crippen LogP) is 4.39. The van der Waals surface area contributed by atoms with Gasteiger partial charge in [0, 0.05) is 52.8 Å². The summed E-state index contributed by atoms with van der Waals surface area (Å²) in [5, 5.41) is 27.3. The molecule has 12 nitrogen and oxygen atoms in total. The van der Waals surface area contributed by atoms with Gasteiger partial charge < -0.3 is 19.9 Å². The van der Waals surface area contributed by atoms with E-state index in [1.54, 1.807) is 0 Å². The van der Waals surface area contributed by atoms with Gasteiger partial charge in [-0.1, -0.05) is 0 Å². The zero-order valence-corrected chi connectivity index (χ0v) is 20.8. The van der Waals surface area contributed by atoms with Gasteiger partial charge in [0.25, 0.3) is 0 Å². The summed E-state index contributed by atoms with van der Waals surface area (Å²) in [6.45, 7) is 15.5. The van der Waals surface area contributed by atoms with Crippen LogP contribution < -0.4 is 9.47 Å². The minimum absolute atomic E-state index is 0.00324. The molecule has 3 rings (SSSR count). The van der Waals surface area contributed by atoms with Crippen molar-refractivity contribution in [3.8, 4) is 12.0 Å². The number of nitrogens with zero attached hydrogens (tertiary/aromatic N) is 8. The van der Waals surface area contributed by atoms with E-state index in [9.17, 15) is 10.4 Å². The number of hydroxylamine groups is 4. The Labute approximate surface area is 194 Å². The molecule has 12 heteroatoms. The maximum Gasteiger partial charge on any atom is 0.323 e. The zero-order chi connectivity index (χ0) is 24.8. The van der Waals surface area contributed by atoms with Gasteiger partial charge in [0.2, 0.25) is 5.95 Å². The maximum atomic E-state index is 10.5. The van der Waals surface area contributed by atoms with Crippen molar-refractivity contribution in [2.45, 2.75) is 115 Å². The molecule has 0 amide bonds. The number of azide groups is 1. The second-order valence-electron chi connectivity index (χ2n) is 11.6. The fourth-order valence-corrected chi connectivity index (χ4v) is 5.34. The first-order valence-electron chi connectivity index (χ1n) is 11.2. The van der Waals surface area contributed by atoms with E-state index in [1.165, 1.54) is 10.1 Å². The normalized spacial score (nSPS) is 25.3. The number of ether oxygens (including phenoxy) is 2. The van der Waals surface area contributed by atoms with Gasteiger partial charge in [-0.3, -0.25) is 0 Å². The van der Waals surface area contributed by atoms with Crippen LogP contribution in [-0.2, 0) is 0 Å². The third-order valence-electron chi connectivity index (χ3n) is 6.46. The van der Waals surface area contributed by atoms with Crippen molar-refractivity contribution in [1.82, 2.24) is 25.1 Å². The molecule has 0 aliphatic carbocycles. The average Bonchev–Trinajstić information content (AvgIpc) is 2.63. The molecule has 3 heterocycles. The number of aromatic nitrogens is 3. The van der Waals surface area contributed by atoms with E-state index in [0.29, 0.717) is 25.7 Å². The van der Waals surface area contributed by atoms with Gasteiger partial charge >= 0.3 is 12.0 Å².